The molecule has 5 heteroatoms. The number of hydrogen-bond acceptors (Lipinski definition) is 5. The van der Waals surface area contributed by atoms with Crippen LogP contribution >= 0.6 is 11.8 Å². The molecule has 2 atom stereocenters. The van der Waals surface area contributed by atoms with Crippen LogP contribution in [0.2, 0.25) is 0 Å². The molecule has 1 aromatic carbocycles. The third-order valence-corrected chi connectivity index (χ3v) is 4.43. The van der Waals surface area contributed by atoms with E-state index in [-0.39, 0.29) is 28.4 Å². The lowest BCUT2D eigenvalue weighted by molar-refractivity contribution is -0.118. The van der Waals surface area contributed by atoms with Gasteiger partial charge >= 0.3 is 0 Å². The number of carbonyl (C=O) groups excluding carboxylic acids is 2. The van der Waals surface area contributed by atoms with Gasteiger partial charge < -0.3 is 11.5 Å². The minimum atomic E-state index is -0.354. The van der Waals surface area contributed by atoms with E-state index in [4.69, 9.17) is 11.5 Å². The van der Waals surface area contributed by atoms with E-state index in [1.165, 1.54) is 13.8 Å². The summed E-state index contributed by atoms with van der Waals surface area (Å²) in [5, 5.41) is 0. The van der Waals surface area contributed by atoms with Gasteiger partial charge in [0.1, 0.15) is 11.6 Å². The SMILES string of the molecule is CC.CC.CC.CC(=O)[C@@H](N)CSC(C)(C)C.CC(=O)[C@@H](N)Cc1ccccc1. The maximum absolute atomic E-state index is 10.8. The van der Waals surface area contributed by atoms with Crippen molar-refractivity contribution in [1.82, 2.24) is 0 Å². The van der Waals surface area contributed by atoms with Gasteiger partial charge in [-0.1, -0.05) is 92.6 Å². The Hall–Kier alpha value is -1.17. The zero-order valence-electron chi connectivity index (χ0n) is 20.8. The molecule has 0 aliphatic carbocycles. The summed E-state index contributed by atoms with van der Waals surface area (Å²) in [6.45, 7) is 21.4. The Morgan fingerprint density at radius 2 is 1.21 bits per heavy atom. The molecule has 0 unspecified atom stereocenters. The summed E-state index contributed by atoms with van der Waals surface area (Å²) >= 11 is 1.72. The van der Waals surface area contributed by atoms with Gasteiger partial charge in [-0.05, 0) is 25.8 Å². The van der Waals surface area contributed by atoms with Gasteiger partial charge in [0.05, 0.1) is 12.1 Å². The molecule has 0 spiro atoms. The molecule has 0 saturated carbocycles. The zero-order chi connectivity index (χ0) is 24.0. The largest absolute Gasteiger partial charge is 0.321 e. The van der Waals surface area contributed by atoms with E-state index < -0.39 is 0 Å². The van der Waals surface area contributed by atoms with Crippen molar-refractivity contribution in [2.75, 3.05) is 5.75 Å². The molecule has 0 fully saturated rings. The lowest BCUT2D eigenvalue weighted by Crippen LogP contribution is -2.32. The fourth-order valence-corrected chi connectivity index (χ4v) is 2.38. The summed E-state index contributed by atoms with van der Waals surface area (Å²) in [7, 11) is 0. The van der Waals surface area contributed by atoms with Crippen molar-refractivity contribution in [2.45, 2.75) is 99.4 Å². The van der Waals surface area contributed by atoms with Crippen LogP contribution in [0.1, 0.15) is 81.7 Å². The van der Waals surface area contributed by atoms with Crippen molar-refractivity contribution >= 4 is 23.3 Å². The Morgan fingerprint density at radius 3 is 1.52 bits per heavy atom. The van der Waals surface area contributed by atoms with Crippen LogP contribution in [0.4, 0.5) is 0 Å². The van der Waals surface area contributed by atoms with E-state index in [9.17, 15) is 9.59 Å². The number of carbonyl (C=O) groups is 2. The Morgan fingerprint density at radius 1 is 0.828 bits per heavy atom. The molecule has 0 aromatic heterocycles. The van der Waals surface area contributed by atoms with Crippen molar-refractivity contribution in [3.8, 4) is 0 Å². The van der Waals surface area contributed by atoms with Crippen LogP contribution in [0.15, 0.2) is 30.3 Å². The summed E-state index contributed by atoms with van der Waals surface area (Å²) in [4.78, 5) is 21.5. The predicted molar refractivity (Wildman–Crippen MR) is 134 cm³/mol. The molecule has 0 bridgehead atoms. The number of ketones is 2. The number of rotatable bonds is 6. The molecule has 0 aliphatic heterocycles. The van der Waals surface area contributed by atoms with Gasteiger partial charge in [0.15, 0.2) is 0 Å². The highest BCUT2D eigenvalue weighted by atomic mass is 32.2. The van der Waals surface area contributed by atoms with Gasteiger partial charge in [-0.15, -0.1) is 0 Å². The molecule has 0 aliphatic rings. The first-order valence-electron chi connectivity index (χ1n) is 10.7. The molecule has 0 radical (unpaired) electrons. The Kier molecular flexibility index (Phi) is 28.1. The molecule has 1 rings (SSSR count). The lowest BCUT2D eigenvalue weighted by atomic mass is 10.0. The van der Waals surface area contributed by atoms with E-state index in [1.807, 2.05) is 71.9 Å². The Balaban J connectivity index is -0.000000172. The number of thioether (sulfide) groups is 1. The second-order valence-corrected chi connectivity index (χ2v) is 8.39. The predicted octanol–water partition coefficient (Wildman–Crippen LogP) is 5.66. The monoisotopic (exact) mass is 428 g/mol. The normalized spacial score (nSPS) is 11.3. The van der Waals surface area contributed by atoms with E-state index in [1.54, 1.807) is 11.8 Å². The highest BCUT2D eigenvalue weighted by molar-refractivity contribution is 8.00. The Bertz CT molecular complexity index is 485. The topological polar surface area (TPSA) is 86.2 Å². The fraction of sp³-hybridized carbons (Fsp3) is 0.667. The van der Waals surface area contributed by atoms with Crippen LogP contribution in [-0.4, -0.2) is 34.2 Å². The van der Waals surface area contributed by atoms with Crippen molar-refractivity contribution < 1.29 is 9.59 Å². The summed E-state index contributed by atoms with van der Waals surface area (Å²) in [5.41, 5.74) is 12.3. The summed E-state index contributed by atoms with van der Waals surface area (Å²) in [5.74, 6) is 0.833. The summed E-state index contributed by atoms with van der Waals surface area (Å²) in [6, 6.07) is 9.14. The number of Topliss-reactive ketones (excluding diaryl/α,β-unsaturated/α-hetero) is 2. The highest BCUT2D eigenvalue weighted by Crippen LogP contribution is 2.23. The quantitative estimate of drug-likeness (QED) is 0.610. The molecule has 0 saturated heterocycles. The van der Waals surface area contributed by atoms with E-state index in [0.29, 0.717) is 6.42 Å². The van der Waals surface area contributed by atoms with Crippen molar-refractivity contribution in [3.05, 3.63) is 35.9 Å². The summed E-state index contributed by atoms with van der Waals surface area (Å²) < 4.78 is 0.201. The number of nitrogens with two attached hydrogens (primary N) is 2. The van der Waals surface area contributed by atoms with Gasteiger partial charge in [-0.3, -0.25) is 9.59 Å². The Labute approximate surface area is 185 Å². The smallest absolute Gasteiger partial charge is 0.147 e. The molecule has 1 aromatic rings. The van der Waals surface area contributed by atoms with E-state index in [2.05, 4.69) is 20.8 Å². The van der Waals surface area contributed by atoms with Gasteiger partial charge in [0.2, 0.25) is 0 Å². The molecule has 0 heterocycles. The first-order chi connectivity index (χ1) is 13.5. The molecule has 4 N–H and O–H groups in total. The van der Waals surface area contributed by atoms with Crippen molar-refractivity contribution in [1.29, 1.82) is 0 Å². The van der Waals surface area contributed by atoms with Crippen molar-refractivity contribution in [2.24, 2.45) is 11.5 Å². The third kappa shape index (κ3) is 26.8. The van der Waals surface area contributed by atoms with Gasteiger partial charge in [-0.2, -0.15) is 11.8 Å². The molecule has 29 heavy (non-hydrogen) atoms. The van der Waals surface area contributed by atoms with Gasteiger partial charge in [0.25, 0.3) is 0 Å². The minimum absolute atomic E-state index is 0.0406. The lowest BCUT2D eigenvalue weighted by Gasteiger charge is -2.19. The first-order valence-corrected chi connectivity index (χ1v) is 11.7. The summed E-state index contributed by atoms with van der Waals surface area (Å²) in [6.07, 6.45) is 0.635. The van der Waals surface area contributed by atoms with Crippen LogP contribution in [-0.2, 0) is 16.0 Å². The second kappa shape index (κ2) is 23.1. The van der Waals surface area contributed by atoms with Crippen LogP contribution in [0.25, 0.3) is 0 Å². The van der Waals surface area contributed by atoms with E-state index in [0.717, 1.165) is 11.3 Å². The van der Waals surface area contributed by atoms with Crippen LogP contribution in [0.3, 0.4) is 0 Å². The maximum Gasteiger partial charge on any atom is 0.147 e. The van der Waals surface area contributed by atoms with Crippen LogP contribution < -0.4 is 11.5 Å². The second-order valence-electron chi connectivity index (χ2n) is 6.55. The minimum Gasteiger partial charge on any atom is -0.321 e. The fourth-order valence-electron chi connectivity index (χ4n) is 1.47. The maximum atomic E-state index is 10.8. The number of hydrogen-bond donors (Lipinski definition) is 2. The van der Waals surface area contributed by atoms with Crippen LogP contribution in [0.5, 0.6) is 0 Å². The van der Waals surface area contributed by atoms with Gasteiger partial charge in [-0.25, -0.2) is 0 Å². The molecular weight excluding hydrogens is 380 g/mol. The van der Waals surface area contributed by atoms with Gasteiger partial charge in [0, 0.05) is 10.5 Å². The van der Waals surface area contributed by atoms with E-state index >= 15 is 0 Å². The average Bonchev–Trinajstić information content (AvgIpc) is 2.71. The standard InChI is InChI=1S/C10H13NO.C8H17NOS.3C2H6/c1-8(12)10(11)7-9-5-3-2-4-6-9;1-6(10)7(9)5-11-8(2,3)4;3*1-2/h2-6,10H,7,11H2,1H3;7H,5,9H2,1-4H3;3*1-2H3/t10-;7-;;;/m00.../s1. The highest BCUT2D eigenvalue weighted by Gasteiger charge is 2.15. The molecule has 172 valence electrons. The third-order valence-electron chi connectivity index (χ3n) is 3.04. The zero-order valence-corrected chi connectivity index (χ0v) is 21.7. The average molecular weight is 429 g/mol. The van der Waals surface area contributed by atoms with Crippen molar-refractivity contribution in [3.63, 3.8) is 0 Å². The molecule has 0 amide bonds. The first kappa shape index (κ1) is 35.3. The van der Waals surface area contributed by atoms with Crippen LogP contribution in [0, 0.1) is 0 Å². The molecular formula is C24H48N2O2S. The number of benzene rings is 1. The molecule has 4 nitrogen and oxygen atoms in total.